The van der Waals surface area contributed by atoms with Crippen molar-refractivity contribution < 1.29 is 9.90 Å². The minimum atomic E-state index is -0.803. The molecule has 1 unspecified atom stereocenters. The standard InChI is InChI=1S/C11H21NO2/c1-5-7-9(3)10(13)12-8-11(4,14)6-2/h7,14H,5-6,8H2,1-4H3,(H,12,13). The topological polar surface area (TPSA) is 49.3 Å². The molecule has 1 amide bonds. The zero-order valence-corrected chi connectivity index (χ0v) is 9.55. The van der Waals surface area contributed by atoms with E-state index < -0.39 is 5.60 Å². The smallest absolute Gasteiger partial charge is 0.246 e. The van der Waals surface area contributed by atoms with Crippen LogP contribution in [0.15, 0.2) is 11.6 Å². The van der Waals surface area contributed by atoms with Crippen LogP contribution in [0.1, 0.15) is 40.5 Å². The van der Waals surface area contributed by atoms with Crippen LogP contribution < -0.4 is 5.32 Å². The Labute approximate surface area is 86.2 Å². The molecule has 0 aromatic heterocycles. The molecule has 0 heterocycles. The van der Waals surface area contributed by atoms with E-state index in [0.29, 0.717) is 18.5 Å². The predicted octanol–water partition coefficient (Wildman–Crippen LogP) is 1.62. The molecule has 0 bridgehead atoms. The zero-order valence-electron chi connectivity index (χ0n) is 9.55. The first kappa shape index (κ1) is 13.2. The van der Waals surface area contributed by atoms with Crippen molar-refractivity contribution in [3.63, 3.8) is 0 Å². The molecule has 0 aromatic carbocycles. The lowest BCUT2D eigenvalue weighted by atomic mass is 10.0. The molecule has 0 saturated heterocycles. The quantitative estimate of drug-likeness (QED) is 0.661. The van der Waals surface area contributed by atoms with Crippen molar-refractivity contribution in [3.05, 3.63) is 11.6 Å². The molecule has 2 N–H and O–H groups in total. The van der Waals surface area contributed by atoms with Crippen LogP contribution in [0, 0.1) is 0 Å². The second-order valence-corrected chi connectivity index (χ2v) is 3.83. The van der Waals surface area contributed by atoms with Crippen molar-refractivity contribution in [2.75, 3.05) is 6.54 Å². The number of rotatable bonds is 5. The SMILES string of the molecule is CCC=C(C)C(=O)NCC(C)(O)CC. The third kappa shape index (κ3) is 5.02. The number of nitrogens with one attached hydrogen (secondary N) is 1. The molecule has 0 fully saturated rings. The molecular weight excluding hydrogens is 178 g/mol. The van der Waals surface area contributed by atoms with Gasteiger partial charge in [-0.3, -0.25) is 4.79 Å². The van der Waals surface area contributed by atoms with Crippen molar-refractivity contribution in [3.8, 4) is 0 Å². The van der Waals surface area contributed by atoms with Crippen molar-refractivity contribution in [1.82, 2.24) is 5.32 Å². The summed E-state index contributed by atoms with van der Waals surface area (Å²) in [4.78, 5) is 11.4. The lowest BCUT2D eigenvalue weighted by Crippen LogP contribution is -2.40. The van der Waals surface area contributed by atoms with Crippen LogP contribution in [-0.4, -0.2) is 23.2 Å². The second-order valence-electron chi connectivity index (χ2n) is 3.83. The van der Waals surface area contributed by atoms with Crippen LogP contribution in [-0.2, 0) is 4.79 Å². The van der Waals surface area contributed by atoms with Gasteiger partial charge < -0.3 is 10.4 Å². The molecule has 0 aliphatic heterocycles. The average molecular weight is 199 g/mol. The van der Waals surface area contributed by atoms with Crippen LogP contribution in [0.5, 0.6) is 0 Å². The molecule has 1 atom stereocenters. The van der Waals surface area contributed by atoms with Crippen molar-refractivity contribution in [1.29, 1.82) is 0 Å². The molecule has 3 nitrogen and oxygen atoms in total. The number of aliphatic hydroxyl groups is 1. The molecule has 0 aliphatic rings. The third-order valence-corrected chi connectivity index (χ3v) is 2.26. The monoisotopic (exact) mass is 199 g/mol. The fraction of sp³-hybridized carbons (Fsp3) is 0.727. The highest BCUT2D eigenvalue weighted by atomic mass is 16.3. The summed E-state index contributed by atoms with van der Waals surface area (Å²) in [5.74, 6) is -0.0967. The Morgan fingerprint density at radius 3 is 2.50 bits per heavy atom. The molecule has 0 aliphatic carbocycles. The van der Waals surface area contributed by atoms with Crippen LogP contribution in [0.4, 0.5) is 0 Å². The van der Waals surface area contributed by atoms with E-state index in [1.54, 1.807) is 13.8 Å². The minimum absolute atomic E-state index is 0.0967. The van der Waals surface area contributed by atoms with E-state index in [1.807, 2.05) is 19.9 Å². The Morgan fingerprint density at radius 1 is 1.50 bits per heavy atom. The fourth-order valence-electron chi connectivity index (χ4n) is 0.934. The van der Waals surface area contributed by atoms with E-state index in [1.165, 1.54) is 0 Å². The highest BCUT2D eigenvalue weighted by Crippen LogP contribution is 2.06. The van der Waals surface area contributed by atoms with Crippen molar-refractivity contribution in [2.45, 2.75) is 46.1 Å². The number of amides is 1. The van der Waals surface area contributed by atoms with Gasteiger partial charge in [-0.25, -0.2) is 0 Å². The van der Waals surface area contributed by atoms with Gasteiger partial charge >= 0.3 is 0 Å². The number of allylic oxidation sites excluding steroid dienone is 1. The Balaban J connectivity index is 4.03. The van der Waals surface area contributed by atoms with E-state index >= 15 is 0 Å². The first-order valence-corrected chi connectivity index (χ1v) is 5.10. The van der Waals surface area contributed by atoms with Crippen LogP contribution in [0.25, 0.3) is 0 Å². The number of carbonyl (C=O) groups excluding carboxylic acids is 1. The second kappa shape index (κ2) is 5.81. The lowest BCUT2D eigenvalue weighted by molar-refractivity contribution is -0.118. The molecule has 0 aromatic rings. The predicted molar refractivity (Wildman–Crippen MR) is 58.0 cm³/mol. The van der Waals surface area contributed by atoms with Gasteiger partial charge in [-0.1, -0.05) is 19.9 Å². The van der Waals surface area contributed by atoms with E-state index in [0.717, 1.165) is 6.42 Å². The lowest BCUT2D eigenvalue weighted by Gasteiger charge is -2.21. The van der Waals surface area contributed by atoms with E-state index in [-0.39, 0.29) is 5.91 Å². The van der Waals surface area contributed by atoms with Gasteiger partial charge in [0.15, 0.2) is 0 Å². The largest absolute Gasteiger partial charge is 0.388 e. The van der Waals surface area contributed by atoms with Gasteiger partial charge in [0.1, 0.15) is 0 Å². The maximum absolute atomic E-state index is 11.4. The molecule has 0 spiro atoms. The van der Waals surface area contributed by atoms with Gasteiger partial charge in [0, 0.05) is 12.1 Å². The molecule has 0 rings (SSSR count). The zero-order chi connectivity index (χ0) is 11.2. The van der Waals surface area contributed by atoms with E-state index in [4.69, 9.17) is 0 Å². The number of carbonyl (C=O) groups is 1. The summed E-state index contributed by atoms with van der Waals surface area (Å²) in [5.41, 5.74) is -0.0956. The van der Waals surface area contributed by atoms with Gasteiger partial charge in [0.25, 0.3) is 0 Å². The van der Waals surface area contributed by atoms with Crippen LogP contribution in [0.3, 0.4) is 0 Å². The molecule has 0 saturated carbocycles. The van der Waals surface area contributed by atoms with Gasteiger partial charge in [0.05, 0.1) is 5.60 Å². The number of hydrogen-bond acceptors (Lipinski definition) is 2. The number of hydrogen-bond donors (Lipinski definition) is 2. The first-order chi connectivity index (χ1) is 6.43. The summed E-state index contributed by atoms with van der Waals surface area (Å²) in [7, 11) is 0. The highest BCUT2D eigenvalue weighted by Gasteiger charge is 2.18. The molecular formula is C11H21NO2. The van der Waals surface area contributed by atoms with Gasteiger partial charge in [-0.2, -0.15) is 0 Å². The maximum atomic E-state index is 11.4. The van der Waals surface area contributed by atoms with Gasteiger partial charge in [0.2, 0.25) is 5.91 Å². The first-order valence-electron chi connectivity index (χ1n) is 5.10. The van der Waals surface area contributed by atoms with Crippen molar-refractivity contribution >= 4 is 5.91 Å². The summed E-state index contributed by atoms with van der Waals surface area (Å²) in [5, 5.41) is 12.4. The fourth-order valence-corrected chi connectivity index (χ4v) is 0.934. The summed E-state index contributed by atoms with van der Waals surface area (Å²) in [6.07, 6.45) is 3.35. The van der Waals surface area contributed by atoms with Crippen LogP contribution >= 0.6 is 0 Å². The van der Waals surface area contributed by atoms with E-state index in [2.05, 4.69) is 5.32 Å². The normalized spacial score (nSPS) is 16.2. The van der Waals surface area contributed by atoms with Gasteiger partial charge in [-0.15, -0.1) is 0 Å². The summed E-state index contributed by atoms with van der Waals surface area (Å²) in [6, 6.07) is 0. The Morgan fingerprint density at radius 2 is 2.07 bits per heavy atom. The summed E-state index contributed by atoms with van der Waals surface area (Å²) in [6.45, 7) is 7.67. The summed E-state index contributed by atoms with van der Waals surface area (Å²) >= 11 is 0. The molecule has 0 radical (unpaired) electrons. The molecule has 3 heteroatoms. The summed E-state index contributed by atoms with van der Waals surface area (Å²) < 4.78 is 0. The van der Waals surface area contributed by atoms with Gasteiger partial charge in [-0.05, 0) is 26.7 Å². The Kier molecular flexibility index (Phi) is 5.46. The van der Waals surface area contributed by atoms with Crippen molar-refractivity contribution in [2.24, 2.45) is 0 Å². The molecule has 82 valence electrons. The third-order valence-electron chi connectivity index (χ3n) is 2.26. The Hall–Kier alpha value is -0.830. The Bertz CT molecular complexity index is 219. The average Bonchev–Trinajstić information content (AvgIpc) is 2.15. The highest BCUT2D eigenvalue weighted by molar-refractivity contribution is 5.92. The maximum Gasteiger partial charge on any atom is 0.246 e. The molecule has 14 heavy (non-hydrogen) atoms. The van der Waals surface area contributed by atoms with E-state index in [9.17, 15) is 9.90 Å². The minimum Gasteiger partial charge on any atom is -0.388 e. The van der Waals surface area contributed by atoms with Crippen LogP contribution in [0.2, 0.25) is 0 Å².